The van der Waals surface area contributed by atoms with Crippen LogP contribution in [0.3, 0.4) is 0 Å². The molecular weight excluding hydrogens is 532 g/mol. The zero-order chi connectivity index (χ0) is 30.1. The lowest BCUT2D eigenvalue weighted by Crippen LogP contribution is -2.58. The van der Waals surface area contributed by atoms with Crippen molar-refractivity contribution in [3.05, 3.63) is 47.2 Å². The Morgan fingerprint density at radius 3 is 1.95 bits per heavy atom. The summed E-state index contributed by atoms with van der Waals surface area (Å²) in [7, 11) is 0. The first kappa shape index (κ1) is 29.8. The number of nitrogens with one attached hydrogen (secondary N) is 1. The predicted octanol–water partition coefficient (Wildman–Crippen LogP) is 1.85. The first-order valence-electron chi connectivity index (χ1n) is 14.2. The fourth-order valence-corrected chi connectivity index (χ4v) is 5.22. The van der Waals surface area contributed by atoms with Crippen molar-refractivity contribution in [2.45, 2.75) is 105 Å². The Bertz CT molecular complexity index is 1740. The van der Waals surface area contributed by atoms with Crippen LogP contribution in [0.4, 0.5) is 11.6 Å². The van der Waals surface area contributed by atoms with E-state index in [0.29, 0.717) is 32.2 Å². The number of nitrogens with two attached hydrogens (primary N) is 1. The fourth-order valence-electron chi connectivity index (χ4n) is 5.22. The number of H-pyrrole nitrogens is 1. The van der Waals surface area contributed by atoms with Gasteiger partial charge in [0.1, 0.15) is 16.6 Å². The smallest absolute Gasteiger partial charge is 0.284 e. The lowest BCUT2D eigenvalue weighted by molar-refractivity contribution is -0.117. The number of aromatic amines is 1. The van der Waals surface area contributed by atoms with E-state index in [1.54, 1.807) is 0 Å². The molecule has 0 saturated heterocycles. The van der Waals surface area contributed by atoms with Crippen LogP contribution in [0.5, 0.6) is 0 Å². The fraction of sp³-hybridized carbons (Fsp3) is 0.615. The summed E-state index contributed by atoms with van der Waals surface area (Å²) in [5.41, 5.74) is 4.37. The van der Waals surface area contributed by atoms with E-state index in [2.05, 4.69) is 20.4 Å². The van der Waals surface area contributed by atoms with Crippen LogP contribution in [0.25, 0.3) is 11.0 Å². The highest BCUT2D eigenvalue weighted by molar-refractivity contribution is 6.00. The van der Waals surface area contributed by atoms with Crippen molar-refractivity contribution in [2.24, 2.45) is 16.0 Å². The summed E-state index contributed by atoms with van der Waals surface area (Å²) in [6.07, 6.45) is 3.90. The second kappa shape index (κ2) is 11.8. The van der Waals surface area contributed by atoms with Crippen molar-refractivity contribution in [3.63, 3.8) is 0 Å². The largest absolute Gasteiger partial charge is 0.332 e. The van der Waals surface area contributed by atoms with Gasteiger partial charge in [-0.25, -0.2) is 14.5 Å². The second-order valence-electron chi connectivity index (χ2n) is 10.2. The molecule has 0 aromatic carbocycles. The van der Waals surface area contributed by atoms with E-state index >= 15 is 0 Å². The molecule has 0 aliphatic carbocycles. The minimum Gasteiger partial charge on any atom is -0.284 e. The van der Waals surface area contributed by atoms with Gasteiger partial charge in [0.15, 0.2) is 11.6 Å². The van der Waals surface area contributed by atoms with Crippen molar-refractivity contribution in [1.29, 1.82) is 0 Å². The number of hydrogen-bond donors (Lipinski definition) is 2. The van der Waals surface area contributed by atoms with Crippen LogP contribution in [-0.4, -0.2) is 34.4 Å². The Kier molecular flexibility index (Phi) is 8.56. The Morgan fingerprint density at radius 2 is 1.39 bits per heavy atom. The van der Waals surface area contributed by atoms with Crippen LogP contribution in [-0.2, 0) is 36.8 Å². The average molecular weight is 571 g/mol. The normalized spacial score (nSPS) is 16.0. The van der Waals surface area contributed by atoms with Crippen LogP contribution in [0.15, 0.2) is 29.4 Å². The molecule has 4 rings (SSSR count). The number of azo groups is 1. The number of anilines is 1. The molecule has 0 saturated carbocycles. The summed E-state index contributed by atoms with van der Waals surface area (Å²) in [5, 5.41) is 15.3. The number of aryl methyl sites for hydroxylation is 1. The standard InChI is InChI=1S/C26H38N10O5/c1-6-10-14-32-19-17(22(38)34(12-8-3)24(32)40)20(29-28-19)36(16(5)37)26(27)18-21(30-31-26)33(15-11-7-2)25(41)35(13-9-4)23(18)39/h6-15,27H2,1-5H3,(H,28,29). The van der Waals surface area contributed by atoms with Gasteiger partial charge in [-0.15, -0.1) is 10.2 Å². The van der Waals surface area contributed by atoms with E-state index in [1.165, 1.54) is 16.1 Å². The topological polar surface area (TPSA) is 188 Å². The van der Waals surface area contributed by atoms with Crippen LogP contribution in [0.2, 0.25) is 0 Å². The van der Waals surface area contributed by atoms with Crippen molar-refractivity contribution >= 4 is 28.6 Å². The Hall–Kier alpha value is -4.14. The number of carbonyl (C=O) groups excluding carboxylic acids is 1. The van der Waals surface area contributed by atoms with Gasteiger partial charge in [-0.2, -0.15) is 5.10 Å². The Labute approximate surface area is 235 Å². The second-order valence-corrected chi connectivity index (χ2v) is 10.2. The van der Waals surface area contributed by atoms with Gasteiger partial charge in [-0.05, 0) is 25.7 Å². The molecule has 3 N–H and O–H groups in total. The third-order valence-corrected chi connectivity index (χ3v) is 7.22. The van der Waals surface area contributed by atoms with Crippen molar-refractivity contribution in [2.75, 3.05) is 4.90 Å². The lowest BCUT2D eigenvalue weighted by atomic mass is 10.1. The first-order chi connectivity index (χ1) is 19.6. The quantitative estimate of drug-likeness (QED) is 0.311. The molecular formula is C26H38N10O5. The molecule has 222 valence electrons. The van der Waals surface area contributed by atoms with Crippen LogP contribution < -0.4 is 33.1 Å². The Morgan fingerprint density at radius 1 is 0.829 bits per heavy atom. The van der Waals surface area contributed by atoms with Gasteiger partial charge < -0.3 is 0 Å². The predicted molar refractivity (Wildman–Crippen MR) is 154 cm³/mol. The van der Waals surface area contributed by atoms with Gasteiger partial charge in [-0.1, -0.05) is 40.5 Å². The summed E-state index contributed by atoms with van der Waals surface area (Å²) in [4.78, 5) is 68.3. The minimum absolute atomic E-state index is 0.0300. The maximum atomic E-state index is 13.8. The molecule has 0 radical (unpaired) electrons. The number of hydrogen-bond acceptors (Lipinski definition) is 9. The summed E-state index contributed by atoms with van der Waals surface area (Å²) < 4.78 is 4.96. The van der Waals surface area contributed by atoms with Gasteiger partial charge in [0.05, 0.1) is 0 Å². The molecule has 0 bridgehead atoms. The summed E-state index contributed by atoms with van der Waals surface area (Å²) in [5.74, 6) is -3.09. The van der Waals surface area contributed by atoms with Gasteiger partial charge in [0.25, 0.3) is 11.1 Å². The molecule has 15 nitrogen and oxygen atoms in total. The van der Waals surface area contributed by atoms with Crippen molar-refractivity contribution in [1.82, 2.24) is 28.5 Å². The van der Waals surface area contributed by atoms with Crippen LogP contribution in [0.1, 0.15) is 78.7 Å². The number of fused-ring (bicyclic) bond motifs is 2. The third-order valence-electron chi connectivity index (χ3n) is 7.22. The number of unbranched alkanes of at least 4 members (excludes halogenated alkanes) is 2. The SMILES string of the molecule is CCCCn1c2c(c(=O)n(CCC)c1=O)C(N)(N(C(C)=O)c1n[nH]c3c1c(=O)n(CCC)c(=O)n3CCCC)N=N2. The highest BCUT2D eigenvalue weighted by Gasteiger charge is 2.49. The molecule has 0 spiro atoms. The number of rotatable bonds is 12. The van der Waals surface area contributed by atoms with Gasteiger partial charge in [-0.3, -0.25) is 43.5 Å². The van der Waals surface area contributed by atoms with Gasteiger partial charge in [0.2, 0.25) is 11.7 Å². The number of aromatic nitrogens is 6. The average Bonchev–Trinajstić information content (AvgIpc) is 3.51. The van der Waals surface area contributed by atoms with Crippen molar-refractivity contribution in [3.8, 4) is 0 Å². The molecule has 15 heteroatoms. The molecule has 1 unspecified atom stereocenters. The summed E-state index contributed by atoms with van der Waals surface area (Å²) in [6.45, 7) is 9.70. The van der Waals surface area contributed by atoms with E-state index in [0.717, 1.165) is 26.9 Å². The third kappa shape index (κ3) is 4.77. The molecule has 4 heterocycles. The van der Waals surface area contributed by atoms with E-state index in [1.807, 2.05) is 27.7 Å². The summed E-state index contributed by atoms with van der Waals surface area (Å²) >= 11 is 0. The monoisotopic (exact) mass is 570 g/mol. The maximum Gasteiger partial charge on any atom is 0.332 e. The van der Waals surface area contributed by atoms with E-state index in [4.69, 9.17) is 5.73 Å². The number of nitrogens with zero attached hydrogens (tertiary/aromatic N) is 8. The molecule has 3 aromatic heterocycles. The van der Waals surface area contributed by atoms with E-state index in [9.17, 15) is 24.0 Å². The molecule has 1 atom stereocenters. The molecule has 41 heavy (non-hydrogen) atoms. The molecule has 3 aromatic rings. The zero-order valence-electron chi connectivity index (χ0n) is 24.3. The first-order valence-corrected chi connectivity index (χ1v) is 14.2. The highest BCUT2D eigenvalue weighted by atomic mass is 16.2. The highest BCUT2D eigenvalue weighted by Crippen LogP contribution is 2.40. The molecule has 1 aliphatic heterocycles. The van der Waals surface area contributed by atoms with Gasteiger partial charge in [0, 0.05) is 33.1 Å². The van der Waals surface area contributed by atoms with Gasteiger partial charge >= 0.3 is 11.4 Å². The number of amides is 1. The molecule has 1 aliphatic rings. The van der Waals surface area contributed by atoms with E-state index in [-0.39, 0.29) is 47.9 Å². The van der Waals surface area contributed by atoms with E-state index < -0.39 is 34.2 Å². The lowest BCUT2D eigenvalue weighted by Gasteiger charge is -2.32. The zero-order valence-corrected chi connectivity index (χ0v) is 24.3. The summed E-state index contributed by atoms with van der Waals surface area (Å²) in [6, 6.07) is 0. The molecule has 0 fully saturated rings. The van der Waals surface area contributed by atoms with Crippen LogP contribution >= 0.6 is 0 Å². The molecule has 1 amide bonds. The Balaban J connectivity index is 2.06. The maximum absolute atomic E-state index is 13.8. The van der Waals surface area contributed by atoms with Crippen LogP contribution in [0, 0.1) is 0 Å². The number of carbonyl (C=O) groups is 1. The van der Waals surface area contributed by atoms with Crippen molar-refractivity contribution < 1.29 is 4.79 Å². The minimum atomic E-state index is -2.20.